The van der Waals surface area contributed by atoms with Crippen LogP contribution in [0.25, 0.3) is 0 Å². The molecule has 1 fully saturated rings. The Balaban J connectivity index is 1.61. The lowest BCUT2D eigenvalue weighted by Gasteiger charge is -2.38. The first kappa shape index (κ1) is 16.1. The molecule has 0 unspecified atom stereocenters. The van der Waals surface area contributed by atoms with Crippen molar-refractivity contribution in [2.45, 2.75) is 37.5 Å². The predicted octanol–water partition coefficient (Wildman–Crippen LogP) is 3.03. The maximum absolute atomic E-state index is 8.97. The van der Waals surface area contributed by atoms with E-state index in [-0.39, 0.29) is 12.1 Å². The summed E-state index contributed by atoms with van der Waals surface area (Å²) in [5.41, 5.74) is 9.51. The number of ether oxygens (including phenoxy) is 1. The summed E-state index contributed by atoms with van der Waals surface area (Å²) in [6.07, 6.45) is 3.27. The molecule has 0 radical (unpaired) electrons. The molecule has 0 aromatic heterocycles. The van der Waals surface area contributed by atoms with Crippen molar-refractivity contribution in [2.24, 2.45) is 5.73 Å². The van der Waals surface area contributed by atoms with E-state index in [0.29, 0.717) is 11.6 Å². The lowest BCUT2D eigenvalue weighted by molar-refractivity contribution is 0.0593. The molecule has 25 heavy (non-hydrogen) atoms. The lowest BCUT2D eigenvalue weighted by Crippen LogP contribution is -2.49. The Bertz CT molecular complexity index is 780. The average molecular weight is 333 g/mol. The van der Waals surface area contributed by atoms with Gasteiger partial charge in [0, 0.05) is 12.6 Å². The number of nitriles is 1. The summed E-state index contributed by atoms with van der Waals surface area (Å²) in [5, 5.41) is 8.97. The molecule has 0 bridgehead atoms. The molecule has 2 aromatic carbocycles. The smallest absolute Gasteiger partial charge is 0.140 e. The fraction of sp³-hybridized carbons (Fsp3) is 0.381. The number of hydrogen-bond donors (Lipinski definition) is 1. The van der Waals surface area contributed by atoms with E-state index in [1.807, 2.05) is 24.3 Å². The molecule has 1 saturated heterocycles. The molecule has 2 aromatic rings. The maximum Gasteiger partial charge on any atom is 0.140 e. The summed E-state index contributed by atoms with van der Waals surface area (Å²) in [6.45, 7) is 2.02. The van der Waals surface area contributed by atoms with Crippen LogP contribution in [-0.2, 0) is 6.42 Å². The first-order chi connectivity index (χ1) is 12.2. The van der Waals surface area contributed by atoms with Gasteiger partial charge in [0.1, 0.15) is 11.9 Å². The van der Waals surface area contributed by atoms with E-state index in [1.165, 1.54) is 11.1 Å². The molecular formula is C21H23N3O. The van der Waals surface area contributed by atoms with Crippen LogP contribution in [0.3, 0.4) is 0 Å². The van der Waals surface area contributed by atoms with Gasteiger partial charge in [-0.3, -0.25) is 4.90 Å². The molecule has 4 heteroatoms. The topological polar surface area (TPSA) is 62.3 Å². The third kappa shape index (κ3) is 3.26. The summed E-state index contributed by atoms with van der Waals surface area (Å²) in [4.78, 5) is 2.50. The SMILES string of the molecule is N#Cc1ccc(O[C@@H]2c3ccccc3C[C@H]2N2CCC[C@@H](N)C2)cc1. The summed E-state index contributed by atoms with van der Waals surface area (Å²) in [6, 6.07) is 18.7. The second-order valence-corrected chi connectivity index (χ2v) is 7.04. The van der Waals surface area contributed by atoms with Gasteiger partial charge in [-0.05, 0) is 61.2 Å². The van der Waals surface area contributed by atoms with Gasteiger partial charge in [-0.2, -0.15) is 5.26 Å². The lowest BCUT2D eigenvalue weighted by atomic mass is 10.0. The van der Waals surface area contributed by atoms with Crippen LogP contribution in [0.2, 0.25) is 0 Å². The number of nitrogens with two attached hydrogens (primary N) is 1. The molecule has 4 nitrogen and oxygen atoms in total. The van der Waals surface area contributed by atoms with Crippen molar-refractivity contribution in [3.05, 3.63) is 65.2 Å². The summed E-state index contributed by atoms with van der Waals surface area (Å²) in [5.74, 6) is 0.812. The Morgan fingerprint density at radius 3 is 2.68 bits per heavy atom. The minimum absolute atomic E-state index is 0.00874. The van der Waals surface area contributed by atoms with Gasteiger partial charge < -0.3 is 10.5 Å². The first-order valence-corrected chi connectivity index (χ1v) is 8.99. The Labute approximate surface area is 148 Å². The number of piperidine rings is 1. The molecule has 3 atom stereocenters. The number of benzene rings is 2. The van der Waals surface area contributed by atoms with Gasteiger partial charge in [0.05, 0.1) is 17.7 Å². The largest absolute Gasteiger partial charge is 0.484 e. The van der Waals surface area contributed by atoms with E-state index in [9.17, 15) is 0 Å². The van der Waals surface area contributed by atoms with Crippen molar-refractivity contribution in [1.29, 1.82) is 5.26 Å². The molecule has 4 rings (SSSR count). The van der Waals surface area contributed by atoms with Crippen molar-refractivity contribution >= 4 is 0 Å². The Kier molecular flexibility index (Phi) is 4.44. The van der Waals surface area contributed by atoms with Crippen LogP contribution in [-0.4, -0.2) is 30.1 Å². The maximum atomic E-state index is 8.97. The first-order valence-electron chi connectivity index (χ1n) is 8.99. The van der Waals surface area contributed by atoms with Gasteiger partial charge in [0.2, 0.25) is 0 Å². The van der Waals surface area contributed by atoms with Gasteiger partial charge in [-0.15, -0.1) is 0 Å². The van der Waals surface area contributed by atoms with Crippen molar-refractivity contribution in [3.8, 4) is 11.8 Å². The fourth-order valence-electron chi connectivity index (χ4n) is 4.10. The molecule has 2 N–H and O–H groups in total. The molecule has 2 aliphatic rings. The number of likely N-dealkylation sites (tertiary alicyclic amines) is 1. The monoisotopic (exact) mass is 333 g/mol. The zero-order valence-corrected chi connectivity index (χ0v) is 14.3. The van der Waals surface area contributed by atoms with Crippen LogP contribution in [0.1, 0.15) is 35.6 Å². The normalized spacial score (nSPS) is 26.0. The van der Waals surface area contributed by atoms with Gasteiger partial charge in [-0.25, -0.2) is 0 Å². The highest BCUT2D eigenvalue weighted by atomic mass is 16.5. The highest BCUT2D eigenvalue weighted by molar-refractivity contribution is 5.39. The molecule has 0 spiro atoms. The van der Waals surface area contributed by atoms with Crippen LogP contribution in [0.4, 0.5) is 0 Å². The van der Waals surface area contributed by atoms with Crippen LogP contribution in [0, 0.1) is 11.3 Å². The van der Waals surface area contributed by atoms with Gasteiger partial charge in [0.25, 0.3) is 0 Å². The Morgan fingerprint density at radius 2 is 1.92 bits per heavy atom. The van der Waals surface area contributed by atoms with E-state index in [2.05, 4.69) is 35.2 Å². The van der Waals surface area contributed by atoms with Crippen LogP contribution in [0.15, 0.2) is 48.5 Å². The highest BCUT2D eigenvalue weighted by Gasteiger charge is 2.39. The molecule has 1 heterocycles. The van der Waals surface area contributed by atoms with E-state index in [1.54, 1.807) is 0 Å². The summed E-state index contributed by atoms with van der Waals surface area (Å²) < 4.78 is 6.41. The minimum atomic E-state index is 0.00874. The van der Waals surface area contributed by atoms with Crippen molar-refractivity contribution in [1.82, 2.24) is 4.90 Å². The molecule has 0 amide bonds. The molecule has 0 saturated carbocycles. The zero-order valence-electron chi connectivity index (χ0n) is 14.3. The van der Waals surface area contributed by atoms with Crippen LogP contribution >= 0.6 is 0 Å². The molecular weight excluding hydrogens is 310 g/mol. The molecule has 1 aliphatic heterocycles. The summed E-state index contributed by atoms with van der Waals surface area (Å²) >= 11 is 0. The molecule has 1 aliphatic carbocycles. The third-order valence-electron chi connectivity index (χ3n) is 5.34. The Hall–Kier alpha value is -2.35. The number of nitrogens with zero attached hydrogens (tertiary/aromatic N) is 2. The number of rotatable bonds is 3. The van der Waals surface area contributed by atoms with Gasteiger partial charge in [-0.1, -0.05) is 24.3 Å². The highest BCUT2D eigenvalue weighted by Crippen LogP contribution is 2.38. The van der Waals surface area contributed by atoms with E-state index >= 15 is 0 Å². The third-order valence-corrected chi connectivity index (χ3v) is 5.34. The minimum Gasteiger partial charge on any atom is -0.484 e. The van der Waals surface area contributed by atoms with Gasteiger partial charge in [0.15, 0.2) is 0 Å². The average Bonchev–Trinajstić information content (AvgIpc) is 3.01. The quantitative estimate of drug-likeness (QED) is 0.938. The van der Waals surface area contributed by atoms with Gasteiger partial charge >= 0.3 is 0 Å². The number of hydrogen-bond acceptors (Lipinski definition) is 4. The van der Waals surface area contributed by atoms with Crippen molar-refractivity contribution in [3.63, 3.8) is 0 Å². The van der Waals surface area contributed by atoms with Crippen LogP contribution in [0.5, 0.6) is 5.75 Å². The second kappa shape index (κ2) is 6.87. The van der Waals surface area contributed by atoms with E-state index in [0.717, 1.165) is 38.1 Å². The predicted molar refractivity (Wildman–Crippen MR) is 97.2 cm³/mol. The zero-order chi connectivity index (χ0) is 17.2. The molecule has 128 valence electrons. The van der Waals surface area contributed by atoms with Crippen molar-refractivity contribution < 1.29 is 4.74 Å². The fourth-order valence-corrected chi connectivity index (χ4v) is 4.10. The van der Waals surface area contributed by atoms with E-state index in [4.69, 9.17) is 15.7 Å². The number of fused-ring (bicyclic) bond motifs is 1. The summed E-state index contributed by atoms with van der Waals surface area (Å²) in [7, 11) is 0. The second-order valence-electron chi connectivity index (χ2n) is 7.04. The standard InChI is InChI=1S/C21H23N3O/c22-13-15-7-9-18(10-8-15)25-21-19-6-2-1-4-16(19)12-20(21)24-11-3-5-17(23)14-24/h1-2,4,6-10,17,20-21H,3,5,11-12,14,23H2/t17-,20-,21-/m1/s1. The Morgan fingerprint density at radius 1 is 1.12 bits per heavy atom. The van der Waals surface area contributed by atoms with E-state index < -0.39 is 0 Å². The van der Waals surface area contributed by atoms with Crippen molar-refractivity contribution in [2.75, 3.05) is 13.1 Å². The van der Waals surface area contributed by atoms with Crippen LogP contribution < -0.4 is 10.5 Å².